The fraction of sp³-hybridized carbons (Fsp3) is 0.355. The maximum Gasteiger partial charge on any atom is 0.259 e. The zero-order valence-corrected chi connectivity index (χ0v) is 23.0. The highest BCUT2D eigenvalue weighted by atomic mass is 32.2. The van der Waals surface area contributed by atoms with E-state index < -0.39 is 0 Å². The number of anilines is 1. The molecule has 0 aromatic heterocycles. The van der Waals surface area contributed by atoms with Crippen molar-refractivity contribution in [1.82, 2.24) is 5.32 Å². The van der Waals surface area contributed by atoms with Gasteiger partial charge in [0, 0.05) is 27.1 Å². The lowest BCUT2D eigenvalue weighted by Crippen LogP contribution is -2.31. The molecule has 1 heterocycles. The van der Waals surface area contributed by atoms with Gasteiger partial charge in [-0.05, 0) is 73.4 Å². The van der Waals surface area contributed by atoms with Crippen molar-refractivity contribution in [2.45, 2.75) is 67.0 Å². The van der Waals surface area contributed by atoms with Crippen molar-refractivity contribution in [2.24, 2.45) is 0 Å². The van der Waals surface area contributed by atoms with Gasteiger partial charge in [-0.15, -0.1) is 0 Å². The smallest absolute Gasteiger partial charge is 0.259 e. The number of hydrogen-bond donors (Lipinski definition) is 1. The van der Waals surface area contributed by atoms with Crippen molar-refractivity contribution in [3.63, 3.8) is 0 Å². The number of amides is 2. The quantitative estimate of drug-likeness (QED) is 0.307. The second-order valence-corrected chi connectivity index (χ2v) is 12.3. The van der Waals surface area contributed by atoms with E-state index in [9.17, 15) is 9.59 Å². The van der Waals surface area contributed by atoms with Gasteiger partial charge in [0.2, 0.25) is 0 Å². The van der Waals surface area contributed by atoms with Crippen molar-refractivity contribution >= 4 is 41.0 Å². The molecule has 0 unspecified atom stereocenters. The van der Waals surface area contributed by atoms with Crippen molar-refractivity contribution in [2.75, 3.05) is 17.2 Å². The molecule has 0 radical (unpaired) electrons. The average Bonchev–Trinajstić information content (AvgIpc) is 3.04. The van der Waals surface area contributed by atoms with Crippen LogP contribution in [0.5, 0.6) is 0 Å². The molecule has 192 valence electrons. The number of aryl methyl sites for hydroxylation is 1. The first-order valence-corrected chi connectivity index (χ1v) is 15.1. The first kappa shape index (κ1) is 25.9. The lowest BCUT2D eigenvalue weighted by Gasteiger charge is -2.24. The SMILES string of the molecule is Cc1ccccc1CN1C(=O)c2ccccc2Sc2ccc(C(=O)NCCCSC3CCCCC3)cc21. The van der Waals surface area contributed by atoms with Gasteiger partial charge in [-0.25, -0.2) is 0 Å². The molecule has 1 N–H and O–H groups in total. The van der Waals surface area contributed by atoms with E-state index in [1.54, 1.807) is 11.8 Å². The zero-order valence-electron chi connectivity index (χ0n) is 21.4. The summed E-state index contributed by atoms with van der Waals surface area (Å²) in [6.45, 7) is 3.19. The van der Waals surface area contributed by atoms with Crippen LogP contribution in [0.1, 0.15) is 70.4 Å². The Morgan fingerprint density at radius 3 is 2.62 bits per heavy atom. The highest BCUT2D eigenvalue weighted by Crippen LogP contribution is 2.42. The molecule has 0 saturated heterocycles. The van der Waals surface area contributed by atoms with Crippen LogP contribution in [0.3, 0.4) is 0 Å². The van der Waals surface area contributed by atoms with E-state index in [-0.39, 0.29) is 11.8 Å². The van der Waals surface area contributed by atoms with Crippen molar-refractivity contribution < 1.29 is 9.59 Å². The van der Waals surface area contributed by atoms with Crippen molar-refractivity contribution in [1.29, 1.82) is 0 Å². The Labute approximate surface area is 228 Å². The Balaban J connectivity index is 1.32. The first-order valence-electron chi connectivity index (χ1n) is 13.3. The molecule has 4 nitrogen and oxygen atoms in total. The molecule has 1 fully saturated rings. The van der Waals surface area contributed by atoms with Crippen LogP contribution in [0.25, 0.3) is 0 Å². The lowest BCUT2D eigenvalue weighted by atomic mass is 10.0. The van der Waals surface area contributed by atoms with Crippen LogP contribution in [-0.2, 0) is 6.54 Å². The third-order valence-corrected chi connectivity index (χ3v) is 9.80. The van der Waals surface area contributed by atoms with Gasteiger partial charge in [-0.2, -0.15) is 11.8 Å². The summed E-state index contributed by atoms with van der Waals surface area (Å²) in [4.78, 5) is 30.6. The highest BCUT2D eigenvalue weighted by molar-refractivity contribution is 8.00. The Bertz CT molecular complexity index is 1270. The van der Waals surface area contributed by atoms with Gasteiger partial charge < -0.3 is 10.2 Å². The van der Waals surface area contributed by atoms with Crippen molar-refractivity contribution in [3.8, 4) is 0 Å². The Morgan fingerprint density at radius 1 is 1.00 bits per heavy atom. The topological polar surface area (TPSA) is 49.4 Å². The molecule has 2 aliphatic rings. The number of carbonyl (C=O) groups excluding carboxylic acids is 2. The molecular formula is C31H34N2O2S2. The van der Waals surface area contributed by atoms with E-state index >= 15 is 0 Å². The third-order valence-electron chi connectivity index (χ3n) is 7.20. The van der Waals surface area contributed by atoms with E-state index in [2.05, 4.69) is 36.1 Å². The van der Waals surface area contributed by atoms with E-state index in [4.69, 9.17) is 0 Å². The number of nitrogens with zero attached hydrogens (tertiary/aromatic N) is 1. The number of nitrogens with one attached hydrogen (secondary N) is 1. The minimum atomic E-state index is -0.0829. The summed E-state index contributed by atoms with van der Waals surface area (Å²) >= 11 is 3.65. The average molecular weight is 531 g/mol. The molecule has 3 aromatic carbocycles. The maximum absolute atomic E-state index is 13.8. The van der Waals surface area contributed by atoms with Gasteiger partial charge in [0.05, 0.1) is 17.8 Å². The summed E-state index contributed by atoms with van der Waals surface area (Å²) in [5, 5.41) is 3.90. The second-order valence-electron chi connectivity index (χ2n) is 9.84. The Hall–Kier alpha value is -2.70. The van der Waals surface area contributed by atoms with Crippen molar-refractivity contribution in [3.05, 3.63) is 89.0 Å². The highest BCUT2D eigenvalue weighted by Gasteiger charge is 2.28. The summed E-state index contributed by atoms with van der Waals surface area (Å²) in [6, 6.07) is 21.6. The summed E-state index contributed by atoms with van der Waals surface area (Å²) in [6.07, 6.45) is 7.75. The largest absolute Gasteiger partial charge is 0.352 e. The van der Waals surface area contributed by atoms with E-state index in [1.165, 1.54) is 32.1 Å². The minimum Gasteiger partial charge on any atom is -0.352 e. The van der Waals surface area contributed by atoms with Crippen LogP contribution in [0.2, 0.25) is 0 Å². The third kappa shape index (κ3) is 6.24. The van der Waals surface area contributed by atoms with Gasteiger partial charge in [-0.3, -0.25) is 9.59 Å². The number of hydrogen-bond acceptors (Lipinski definition) is 4. The van der Waals surface area contributed by atoms with E-state index in [0.717, 1.165) is 44.0 Å². The van der Waals surface area contributed by atoms with Gasteiger partial charge in [-0.1, -0.05) is 67.4 Å². The summed E-state index contributed by atoms with van der Waals surface area (Å²) in [5.74, 6) is 0.964. The molecule has 1 aliphatic carbocycles. The lowest BCUT2D eigenvalue weighted by molar-refractivity contribution is 0.0950. The number of thioether (sulfide) groups is 1. The molecular weight excluding hydrogens is 496 g/mol. The monoisotopic (exact) mass is 530 g/mol. The second kappa shape index (κ2) is 12.2. The van der Waals surface area contributed by atoms with Crippen LogP contribution in [-0.4, -0.2) is 29.4 Å². The number of carbonyl (C=O) groups is 2. The molecule has 1 aliphatic heterocycles. The first-order chi connectivity index (χ1) is 18.1. The van der Waals surface area contributed by atoms with Gasteiger partial charge in [0.15, 0.2) is 0 Å². The van der Waals surface area contributed by atoms with Gasteiger partial charge in [0.25, 0.3) is 11.8 Å². The molecule has 0 atom stereocenters. The molecule has 0 bridgehead atoms. The summed E-state index contributed by atoms with van der Waals surface area (Å²) in [7, 11) is 0. The predicted octanol–water partition coefficient (Wildman–Crippen LogP) is 7.49. The van der Waals surface area contributed by atoms with Crippen LogP contribution in [0.15, 0.2) is 76.5 Å². The fourth-order valence-electron chi connectivity index (χ4n) is 5.03. The predicted molar refractivity (Wildman–Crippen MR) is 155 cm³/mol. The molecule has 3 aromatic rings. The van der Waals surface area contributed by atoms with Gasteiger partial charge >= 0.3 is 0 Å². The Morgan fingerprint density at radius 2 is 1.78 bits per heavy atom. The molecule has 0 spiro atoms. The molecule has 5 rings (SSSR count). The summed E-state index contributed by atoms with van der Waals surface area (Å²) < 4.78 is 0. The number of benzene rings is 3. The standard InChI is InChI=1S/C31H34N2O2S2/c1-22-10-5-6-11-24(22)21-33-27-20-23(30(34)32-18-9-19-36-25-12-3-2-4-13-25)16-17-29(27)37-28-15-8-7-14-26(28)31(33)35/h5-8,10-11,14-17,20,25H,2-4,9,12-13,18-19,21H2,1H3,(H,32,34). The van der Waals surface area contributed by atoms with Crippen LogP contribution in [0, 0.1) is 6.92 Å². The van der Waals surface area contributed by atoms with Crippen LogP contribution >= 0.6 is 23.5 Å². The minimum absolute atomic E-state index is 0.0394. The molecule has 37 heavy (non-hydrogen) atoms. The molecule has 6 heteroatoms. The van der Waals surface area contributed by atoms with Gasteiger partial charge in [0.1, 0.15) is 0 Å². The van der Waals surface area contributed by atoms with Crippen LogP contribution < -0.4 is 10.2 Å². The summed E-state index contributed by atoms with van der Waals surface area (Å²) in [5.41, 5.74) is 4.31. The Kier molecular flexibility index (Phi) is 8.57. The van der Waals surface area contributed by atoms with Crippen LogP contribution in [0.4, 0.5) is 5.69 Å². The molecule has 1 saturated carbocycles. The zero-order chi connectivity index (χ0) is 25.6. The van der Waals surface area contributed by atoms with E-state index in [0.29, 0.717) is 24.2 Å². The number of rotatable bonds is 8. The fourth-order valence-corrected chi connectivity index (χ4v) is 7.40. The number of fused-ring (bicyclic) bond motifs is 2. The molecule has 2 amide bonds. The normalized spacial score (nSPS) is 15.6. The maximum atomic E-state index is 13.8. The van der Waals surface area contributed by atoms with E-state index in [1.807, 2.05) is 59.5 Å².